The summed E-state index contributed by atoms with van der Waals surface area (Å²) in [4.78, 5) is 45.3. The minimum Gasteiger partial charge on any atom is -0.463 e. The Morgan fingerprint density at radius 1 is 1.10 bits per heavy atom. The number of benzene rings is 1. The third-order valence-electron chi connectivity index (χ3n) is 3.75. The fourth-order valence-corrected chi connectivity index (χ4v) is 2.40. The van der Waals surface area contributed by atoms with Crippen molar-refractivity contribution in [2.24, 2.45) is 0 Å². The maximum absolute atomic E-state index is 11.7. The number of H-pyrrole nitrogens is 1. The van der Waals surface area contributed by atoms with E-state index < -0.39 is 23.9 Å². The monoisotopic (exact) mass is 401 g/mol. The normalized spacial score (nSPS) is 10.8. The Labute approximate surface area is 164 Å². The summed E-state index contributed by atoms with van der Waals surface area (Å²) in [5.74, 6) is -1.41. The molecule has 0 spiro atoms. The van der Waals surface area contributed by atoms with Crippen LogP contribution in [0.3, 0.4) is 0 Å². The predicted molar refractivity (Wildman–Crippen MR) is 100 cm³/mol. The molecule has 0 aliphatic rings. The van der Waals surface area contributed by atoms with Gasteiger partial charge < -0.3 is 19.9 Å². The maximum Gasteiger partial charge on any atom is 0.317 e. The summed E-state index contributed by atoms with van der Waals surface area (Å²) in [6, 6.07) is 9.13. The molecule has 1 aromatic carbocycles. The third kappa shape index (κ3) is 5.62. The highest BCUT2D eigenvalue weighted by molar-refractivity contribution is 5.91. The number of carbonyl (C=O) groups excluding carboxylic acids is 2. The zero-order valence-corrected chi connectivity index (χ0v) is 15.4. The predicted octanol–water partition coefficient (Wildman–Crippen LogP) is 0.353. The number of nitrogens with one attached hydrogen (secondary N) is 1. The highest BCUT2D eigenvalue weighted by Gasteiger charge is 2.13. The lowest BCUT2D eigenvalue weighted by Gasteiger charge is -2.08. The molecule has 3 aromatic rings. The number of hydrogen-bond donors (Lipinski definition) is 2. The molecule has 0 radical (unpaired) electrons. The van der Waals surface area contributed by atoms with E-state index in [1.165, 1.54) is 10.9 Å². The van der Waals surface area contributed by atoms with Crippen molar-refractivity contribution in [1.29, 1.82) is 0 Å². The number of rotatable bonds is 9. The van der Waals surface area contributed by atoms with E-state index in [4.69, 9.17) is 19.9 Å². The number of imidazole rings is 1. The Morgan fingerprint density at radius 3 is 2.66 bits per heavy atom. The van der Waals surface area contributed by atoms with Gasteiger partial charge in [-0.3, -0.25) is 23.9 Å². The van der Waals surface area contributed by atoms with Crippen LogP contribution in [0, 0.1) is 0 Å². The average molecular weight is 401 g/mol. The van der Waals surface area contributed by atoms with Crippen LogP contribution >= 0.6 is 0 Å². The largest absolute Gasteiger partial charge is 0.463 e. The molecule has 0 amide bonds. The first-order valence-corrected chi connectivity index (χ1v) is 8.66. The molecule has 29 heavy (non-hydrogen) atoms. The van der Waals surface area contributed by atoms with E-state index in [-0.39, 0.29) is 43.7 Å². The van der Waals surface area contributed by atoms with Gasteiger partial charge in [-0.05, 0) is 5.56 Å². The molecular weight excluding hydrogens is 382 g/mol. The van der Waals surface area contributed by atoms with E-state index in [0.29, 0.717) is 0 Å². The fourth-order valence-electron chi connectivity index (χ4n) is 2.40. The number of fused-ring (bicyclic) bond motifs is 1. The van der Waals surface area contributed by atoms with Gasteiger partial charge in [-0.2, -0.15) is 4.98 Å². The molecule has 0 saturated carbocycles. The lowest BCUT2D eigenvalue weighted by Crippen LogP contribution is -2.17. The molecule has 3 N–H and O–H groups in total. The van der Waals surface area contributed by atoms with Gasteiger partial charge in [0.2, 0.25) is 5.95 Å². The van der Waals surface area contributed by atoms with Gasteiger partial charge in [-0.1, -0.05) is 30.3 Å². The Bertz CT molecular complexity index is 1050. The number of aromatic amines is 1. The average Bonchev–Trinajstić information content (AvgIpc) is 3.10. The van der Waals surface area contributed by atoms with Crippen LogP contribution in [0.15, 0.2) is 41.5 Å². The molecule has 0 aliphatic heterocycles. The van der Waals surface area contributed by atoms with Crippen LogP contribution in [0.5, 0.6) is 0 Å². The SMILES string of the molecule is Nc1nc2c(ncn2COCCOC(=O)CC(=O)OCc2ccccc2)c(=O)[nH]1. The summed E-state index contributed by atoms with van der Waals surface area (Å²) >= 11 is 0. The van der Waals surface area contributed by atoms with E-state index in [1.54, 1.807) is 0 Å². The fraction of sp³-hybridized carbons (Fsp3) is 0.278. The zero-order chi connectivity index (χ0) is 20.6. The van der Waals surface area contributed by atoms with Crippen LogP contribution in [0.1, 0.15) is 12.0 Å². The highest BCUT2D eigenvalue weighted by atomic mass is 16.6. The first-order valence-electron chi connectivity index (χ1n) is 8.66. The summed E-state index contributed by atoms with van der Waals surface area (Å²) in [5, 5.41) is 0. The molecule has 0 aliphatic carbocycles. The molecule has 11 nitrogen and oxygen atoms in total. The molecule has 2 aromatic heterocycles. The number of nitrogen functional groups attached to an aromatic ring is 1. The van der Waals surface area contributed by atoms with Gasteiger partial charge in [-0.25, -0.2) is 4.98 Å². The van der Waals surface area contributed by atoms with Crippen LogP contribution in [0.2, 0.25) is 0 Å². The minimum atomic E-state index is -0.708. The number of nitrogens with zero attached hydrogens (tertiary/aromatic N) is 3. The van der Waals surface area contributed by atoms with E-state index >= 15 is 0 Å². The number of esters is 2. The molecule has 11 heteroatoms. The molecule has 2 heterocycles. The van der Waals surface area contributed by atoms with Gasteiger partial charge in [0.15, 0.2) is 11.2 Å². The number of aromatic nitrogens is 4. The van der Waals surface area contributed by atoms with E-state index in [1.807, 2.05) is 30.3 Å². The standard InChI is InChI=1S/C18H19N5O6/c19-18-21-16-15(17(26)22-18)20-10-23(16)11-27-6-7-28-13(24)8-14(25)29-9-12-4-2-1-3-5-12/h1-5,10H,6-9,11H2,(H3,19,21,22,26). The van der Waals surface area contributed by atoms with Gasteiger partial charge in [0, 0.05) is 0 Å². The van der Waals surface area contributed by atoms with Gasteiger partial charge in [0.05, 0.1) is 12.9 Å². The van der Waals surface area contributed by atoms with Crippen LogP contribution in [-0.2, 0) is 37.1 Å². The molecule has 0 bridgehead atoms. The number of ether oxygens (including phenoxy) is 3. The second-order valence-electron chi connectivity index (χ2n) is 5.92. The molecule has 152 valence electrons. The van der Waals surface area contributed by atoms with Crippen molar-refractivity contribution in [2.45, 2.75) is 19.8 Å². The lowest BCUT2D eigenvalue weighted by atomic mass is 10.2. The van der Waals surface area contributed by atoms with Crippen molar-refractivity contribution in [1.82, 2.24) is 19.5 Å². The van der Waals surface area contributed by atoms with Gasteiger partial charge in [0.25, 0.3) is 5.56 Å². The summed E-state index contributed by atoms with van der Waals surface area (Å²) < 4.78 is 16.8. The van der Waals surface area contributed by atoms with E-state index in [2.05, 4.69) is 15.0 Å². The second kappa shape index (κ2) is 9.46. The first-order chi connectivity index (χ1) is 14.0. The van der Waals surface area contributed by atoms with Crippen molar-refractivity contribution in [2.75, 3.05) is 18.9 Å². The smallest absolute Gasteiger partial charge is 0.317 e. The lowest BCUT2D eigenvalue weighted by molar-refractivity contribution is -0.156. The minimum absolute atomic E-state index is 0.0302. The Morgan fingerprint density at radius 2 is 1.86 bits per heavy atom. The highest BCUT2D eigenvalue weighted by Crippen LogP contribution is 2.06. The quantitative estimate of drug-likeness (QED) is 0.294. The Kier molecular flexibility index (Phi) is 6.53. The molecule has 0 atom stereocenters. The number of anilines is 1. The first kappa shape index (κ1) is 20.0. The van der Waals surface area contributed by atoms with Crippen molar-refractivity contribution in [3.05, 3.63) is 52.6 Å². The number of hydrogen-bond acceptors (Lipinski definition) is 9. The molecule has 0 fully saturated rings. The molecule has 0 saturated heterocycles. The van der Waals surface area contributed by atoms with E-state index in [9.17, 15) is 14.4 Å². The molecular formula is C18H19N5O6. The summed E-state index contributed by atoms with van der Waals surface area (Å²) in [6.07, 6.45) is 0.909. The van der Waals surface area contributed by atoms with Crippen LogP contribution in [0.4, 0.5) is 5.95 Å². The van der Waals surface area contributed by atoms with Gasteiger partial charge >= 0.3 is 11.9 Å². The van der Waals surface area contributed by atoms with Crippen molar-refractivity contribution < 1.29 is 23.8 Å². The summed E-state index contributed by atoms with van der Waals surface area (Å²) in [5.41, 5.74) is 6.32. The van der Waals surface area contributed by atoms with Crippen LogP contribution in [0.25, 0.3) is 11.2 Å². The molecule has 0 unspecified atom stereocenters. The Balaban J connectivity index is 1.35. The zero-order valence-electron chi connectivity index (χ0n) is 15.4. The second-order valence-corrected chi connectivity index (χ2v) is 5.92. The number of nitrogens with two attached hydrogens (primary N) is 1. The topological polar surface area (TPSA) is 151 Å². The molecule has 3 rings (SSSR count). The van der Waals surface area contributed by atoms with Crippen LogP contribution in [-0.4, -0.2) is 44.7 Å². The van der Waals surface area contributed by atoms with Crippen molar-refractivity contribution in [3.63, 3.8) is 0 Å². The van der Waals surface area contributed by atoms with Gasteiger partial charge in [0.1, 0.15) is 26.4 Å². The van der Waals surface area contributed by atoms with Crippen molar-refractivity contribution >= 4 is 29.1 Å². The van der Waals surface area contributed by atoms with E-state index in [0.717, 1.165) is 5.56 Å². The van der Waals surface area contributed by atoms with Crippen molar-refractivity contribution in [3.8, 4) is 0 Å². The van der Waals surface area contributed by atoms with Gasteiger partial charge in [-0.15, -0.1) is 0 Å². The number of carbonyl (C=O) groups is 2. The summed E-state index contributed by atoms with van der Waals surface area (Å²) in [6.45, 7) is 0.149. The summed E-state index contributed by atoms with van der Waals surface area (Å²) in [7, 11) is 0. The Hall–Kier alpha value is -3.73. The van der Waals surface area contributed by atoms with Crippen LogP contribution < -0.4 is 11.3 Å². The maximum atomic E-state index is 11.7. The third-order valence-corrected chi connectivity index (χ3v) is 3.75.